The van der Waals surface area contributed by atoms with Crippen LogP contribution in [0.1, 0.15) is 48.2 Å². The Morgan fingerprint density at radius 2 is 1.58 bits per heavy atom. The smallest absolute Gasteiger partial charge is 0.325 e. The second-order valence-corrected chi connectivity index (χ2v) is 8.43. The summed E-state index contributed by atoms with van der Waals surface area (Å²) in [4.78, 5) is 41.0. The minimum Gasteiger partial charge on any atom is -0.474 e. The van der Waals surface area contributed by atoms with E-state index in [2.05, 4.69) is 4.98 Å². The van der Waals surface area contributed by atoms with E-state index < -0.39 is 30.1 Å². The summed E-state index contributed by atoms with van der Waals surface area (Å²) in [5.74, 6) is -2.62. The number of nitrogens with one attached hydrogen (secondary N) is 1. The standard InChI is InChI=1S/C26H27NO6/c1-26(2,3)33-25(30)23(24(29)32-17-21(28)19-8-5-4-6-9-19)20-13-11-18(12-14-20)16-31-22-10-7-15-27-22/h4-15,23,27H,16-17H2,1-3H3. The van der Waals surface area contributed by atoms with Crippen molar-refractivity contribution >= 4 is 17.7 Å². The summed E-state index contributed by atoms with van der Waals surface area (Å²) in [7, 11) is 0. The van der Waals surface area contributed by atoms with Crippen molar-refractivity contribution in [2.45, 2.75) is 38.9 Å². The van der Waals surface area contributed by atoms with Gasteiger partial charge in [-0.05, 0) is 44.0 Å². The lowest BCUT2D eigenvalue weighted by Crippen LogP contribution is -2.33. The molecule has 172 valence electrons. The van der Waals surface area contributed by atoms with Gasteiger partial charge in [0, 0.05) is 11.8 Å². The van der Waals surface area contributed by atoms with Crippen LogP contribution >= 0.6 is 0 Å². The largest absolute Gasteiger partial charge is 0.474 e. The third-order valence-electron chi connectivity index (χ3n) is 4.60. The number of H-pyrrole nitrogens is 1. The maximum absolute atomic E-state index is 12.9. The third-order valence-corrected chi connectivity index (χ3v) is 4.60. The molecule has 1 heterocycles. The Labute approximate surface area is 192 Å². The Morgan fingerprint density at radius 3 is 2.18 bits per heavy atom. The van der Waals surface area contributed by atoms with Crippen molar-refractivity contribution in [1.29, 1.82) is 0 Å². The van der Waals surface area contributed by atoms with Crippen molar-refractivity contribution in [3.63, 3.8) is 0 Å². The summed E-state index contributed by atoms with van der Waals surface area (Å²) in [5.41, 5.74) is 0.888. The molecule has 0 aliphatic carbocycles. The van der Waals surface area contributed by atoms with E-state index in [1.54, 1.807) is 87.6 Å². The van der Waals surface area contributed by atoms with Gasteiger partial charge in [0.15, 0.2) is 24.2 Å². The molecule has 0 radical (unpaired) electrons. The Hall–Kier alpha value is -3.87. The molecule has 7 heteroatoms. The molecule has 0 amide bonds. The predicted molar refractivity (Wildman–Crippen MR) is 122 cm³/mol. The van der Waals surface area contributed by atoms with Crippen LogP contribution in [0, 0.1) is 0 Å². The zero-order valence-corrected chi connectivity index (χ0v) is 18.9. The summed E-state index contributed by atoms with van der Waals surface area (Å²) in [6, 6.07) is 19.0. The van der Waals surface area contributed by atoms with E-state index in [9.17, 15) is 14.4 Å². The summed E-state index contributed by atoms with van der Waals surface area (Å²) < 4.78 is 16.3. The number of hydrogen-bond donors (Lipinski definition) is 1. The fourth-order valence-electron chi connectivity index (χ4n) is 3.03. The maximum atomic E-state index is 12.9. The van der Waals surface area contributed by atoms with E-state index >= 15 is 0 Å². The molecule has 3 rings (SSSR count). The molecule has 0 bridgehead atoms. The lowest BCUT2D eigenvalue weighted by Gasteiger charge is -2.23. The molecule has 1 aromatic heterocycles. The van der Waals surface area contributed by atoms with E-state index in [0.717, 1.165) is 5.56 Å². The van der Waals surface area contributed by atoms with E-state index in [-0.39, 0.29) is 5.78 Å². The van der Waals surface area contributed by atoms with E-state index in [4.69, 9.17) is 14.2 Å². The van der Waals surface area contributed by atoms with Gasteiger partial charge in [0.05, 0.1) is 0 Å². The molecule has 7 nitrogen and oxygen atoms in total. The molecule has 1 atom stereocenters. The van der Waals surface area contributed by atoms with Crippen LogP contribution in [0.4, 0.5) is 0 Å². The Morgan fingerprint density at radius 1 is 0.879 bits per heavy atom. The van der Waals surface area contributed by atoms with Crippen molar-refractivity contribution < 1.29 is 28.6 Å². The molecule has 1 N–H and O–H groups in total. The second-order valence-electron chi connectivity index (χ2n) is 8.43. The molecule has 0 aliphatic heterocycles. The summed E-state index contributed by atoms with van der Waals surface area (Å²) in [6.45, 7) is 4.99. The second kappa shape index (κ2) is 10.6. The highest BCUT2D eigenvalue weighted by Gasteiger charge is 2.34. The first-order valence-electron chi connectivity index (χ1n) is 10.6. The zero-order valence-electron chi connectivity index (χ0n) is 18.9. The number of hydrogen-bond acceptors (Lipinski definition) is 6. The average molecular weight is 450 g/mol. The Kier molecular flexibility index (Phi) is 7.66. The molecule has 3 aromatic rings. The maximum Gasteiger partial charge on any atom is 0.325 e. The van der Waals surface area contributed by atoms with Gasteiger partial charge in [-0.2, -0.15) is 0 Å². The lowest BCUT2D eigenvalue weighted by atomic mass is 9.97. The molecule has 0 saturated heterocycles. The van der Waals surface area contributed by atoms with Crippen molar-refractivity contribution in [1.82, 2.24) is 4.98 Å². The number of carbonyl (C=O) groups is 3. The van der Waals surface area contributed by atoms with Gasteiger partial charge in [0.2, 0.25) is 0 Å². The minimum absolute atomic E-state index is 0.313. The topological polar surface area (TPSA) is 94.7 Å². The number of carbonyl (C=O) groups excluding carboxylic acids is 3. The monoisotopic (exact) mass is 449 g/mol. The van der Waals surface area contributed by atoms with Gasteiger partial charge in [-0.25, -0.2) is 0 Å². The first kappa shape index (κ1) is 23.8. The van der Waals surface area contributed by atoms with Crippen LogP contribution in [-0.2, 0) is 25.7 Å². The molecule has 0 fully saturated rings. The van der Waals surface area contributed by atoms with Crippen molar-refractivity contribution in [2.24, 2.45) is 0 Å². The van der Waals surface area contributed by atoms with Gasteiger partial charge >= 0.3 is 11.9 Å². The van der Waals surface area contributed by atoms with Gasteiger partial charge in [-0.3, -0.25) is 14.4 Å². The molecule has 0 saturated carbocycles. The Bertz CT molecular complexity index is 1070. The lowest BCUT2D eigenvalue weighted by molar-refractivity contribution is -0.164. The fraction of sp³-hybridized carbons (Fsp3) is 0.269. The summed E-state index contributed by atoms with van der Waals surface area (Å²) in [5, 5.41) is 0. The van der Waals surface area contributed by atoms with Gasteiger partial charge in [0.1, 0.15) is 12.2 Å². The number of Topliss-reactive ketones (excluding diaryl/α,β-unsaturated/α-hetero) is 1. The first-order chi connectivity index (χ1) is 15.7. The SMILES string of the molecule is CC(C)(C)OC(=O)C(C(=O)OCC(=O)c1ccccc1)c1ccc(COc2ccc[nH]2)cc1. The van der Waals surface area contributed by atoms with Crippen LogP contribution in [0.2, 0.25) is 0 Å². The highest BCUT2D eigenvalue weighted by molar-refractivity contribution is 6.03. The van der Waals surface area contributed by atoms with E-state index in [0.29, 0.717) is 23.6 Å². The Balaban J connectivity index is 1.72. The zero-order chi connectivity index (χ0) is 23.8. The van der Waals surface area contributed by atoms with Crippen LogP contribution < -0.4 is 4.74 Å². The van der Waals surface area contributed by atoms with Crippen molar-refractivity contribution in [2.75, 3.05) is 6.61 Å². The quantitative estimate of drug-likeness (QED) is 0.295. The molecule has 0 spiro atoms. The summed E-state index contributed by atoms with van der Waals surface area (Å²) in [6.07, 6.45) is 1.76. The van der Waals surface area contributed by atoms with Crippen LogP contribution in [0.25, 0.3) is 0 Å². The highest BCUT2D eigenvalue weighted by atomic mass is 16.6. The molecular formula is C26H27NO6. The number of esters is 2. The number of aromatic nitrogens is 1. The van der Waals surface area contributed by atoms with Gasteiger partial charge < -0.3 is 19.2 Å². The number of rotatable bonds is 9. The van der Waals surface area contributed by atoms with E-state index in [1.165, 1.54) is 0 Å². The van der Waals surface area contributed by atoms with Crippen LogP contribution in [-0.4, -0.2) is 34.9 Å². The third kappa shape index (κ3) is 7.07. The molecule has 2 aromatic carbocycles. The first-order valence-corrected chi connectivity index (χ1v) is 10.6. The van der Waals surface area contributed by atoms with Crippen molar-refractivity contribution in [3.05, 3.63) is 89.6 Å². The number of ether oxygens (including phenoxy) is 3. The highest BCUT2D eigenvalue weighted by Crippen LogP contribution is 2.24. The average Bonchev–Trinajstić information content (AvgIpc) is 3.30. The van der Waals surface area contributed by atoms with Gasteiger partial charge in [0.25, 0.3) is 0 Å². The molecule has 1 unspecified atom stereocenters. The number of benzene rings is 2. The van der Waals surface area contributed by atoms with Gasteiger partial charge in [-0.15, -0.1) is 0 Å². The molecule has 33 heavy (non-hydrogen) atoms. The molecule has 0 aliphatic rings. The van der Waals surface area contributed by atoms with Crippen LogP contribution in [0.3, 0.4) is 0 Å². The van der Waals surface area contributed by atoms with Crippen molar-refractivity contribution in [3.8, 4) is 5.88 Å². The normalized spacial score (nSPS) is 12.0. The summed E-state index contributed by atoms with van der Waals surface area (Å²) >= 11 is 0. The van der Waals surface area contributed by atoms with Crippen LogP contribution in [0.5, 0.6) is 5.88 Å². The minimum atomic E-state index is -1.31. The van der Waals surface area contributed by atoms with Gasteiger partial charge in [-0.1, -0.05) is 54.6 Å². The molecular weight excluding hydrogens is 422 g/mol. The predicted octanol–water partition coefficient (Wildman–Crippen LogP) is 4.45. The number of ketones is 1. The fourth-order valence-corrected chi connectivity index (χ4v) is 3.03. The van der Waals surface area contributed by atoms with Crippen LogP contribution in [0.15, 0.2) is 72.9 Å². The van der Waals surface area contributed by atoms with E-state index in [1.807, 2.05) is 6.07 Å². The number of aromatic amines is 1.